The zero-order valence-electron chi connectivity index (χ0n) is 25.0. The van der Waals surface area contributed by atoms with Crippen molar-refractivity contribution < 1.29 is 38.0 Å². The largest absolute Gasteiger partial charge is 0.444 e. The molecule has 0 aromatic heterocycles. The van der Waals surface area contributed by atoms with E-state index < -0.39 is 44.5 Å². The van der Waals surface area contributed by atoms with Crippen LogP contribution in [0.25, 0.3) is 0 Å². The van der Waals surface area contributed by atoms with Crippen LogP contribution in [0.1, 0.15) is 41.5 Å². The van der Waals surface area contributed by atoms with Crippen molar-refractivity contribution in [3.8, 4) is 0 Å². The van der Waals surface area contributed by atoms with Crippen LogP contribution in [0.3, 0.4) is 0 Å². The first-order valence-electron chi connectivity index (χ1n) is 13.5. The molecular formula is C30H45NO8Si. The van der Waals surface area contributed by atoms with Gasteiger partial charge in [-0.25, -0.2) is 4.79 Å². The smallest absolute Gasteiger partial charge is 0.412 e. The van der Waals surface area contributed by atoms with Crippen molar-refractivity contribution in [3.05, 3.63) is 60.7 Å². The number of nitrogens with zero attached hydrogens (tertiary/aromatic N) is 1. The van der Waals surface area contributed by atoms with Crippen LogP contribution in [0.4, 0.5) is 4.79 Å². The summed E-state index contributed by atoms with van der Waals surface area (Å²) < 4.78 is 35.0. The third-order valence-corrected chi connectivity index (χ3v) is 11.9. The van der Waals surface area contributed by atoms with E-state index in [1.165, 1.54) is 19.1 Å². The molecule has 3 rings (SSSR count). The van der Waals surface area contributed by atoms with Gasteiger partial charge in [0, 0.05) is 14.2 Å². The Morgan fingerprint density at radius 2 is 1.30 bits per heavy atom. The van der Waals surface area contributed by atoms with Crippen LogP contribution >= 0.6 is 0 Å². The number of methoxy groups -OCH3 is 2. The Labute approximate surface area is 239 Å². The first-order valence-corrected chi connectivity index (χ1v) is 15.4. The van der Waals surface area contributed by atoms with Crippen LogP contribution in [0, 0.1) is 0 Å². The minimum absolute atomic E-state index is 0.0603. The first-order chi connectivity index (χ1) is 18.9. The Morgan fingerprint density at radius 3 is 1.73 bits per heavy atom. The summed E-state index contributed by atoms with van der Waals surface area (Å²) in [5.41, 5.74) is -0.783. The van der Waals surface area contributed by atoms with Crippen molar-refractivity contribution >= 4 is 24.8 Å². The molecule has 1 N–H and O–H groups in total. The van der Waals surface area contributed by atoms with Gasteiger partial charge in [-0.1, -0.05) is 81.4 Å². The lowest BCUT2D eigenvalue weighted by Crippen LogP contribution is -2.67. The fourth-order valence-electron chi connectivity index (χ4n) is 5.29. The fourth-order valence-corrected chi connectivity index (χ4v) is 9.86. The molecule has 1 unspecified atom stereocenters. The molecule has 1 saturated heterocycles. The van der Waals surface area contributed by atoms with Gasteiger partial charge in [-0.15, -0.1) is 0 Å². The number of hydrogen-bond donors (Lipinski definition) is 1. The maximum atomic E-state index is 13.5. The van der Waals surface area contributed by atoms with Gasteiger partial charge in [0.15, 0.2) is 6.23 Å². The number of aliphatic hydroxyl groups is 1. The second kappa shape index (κ2) is 13.6. The second-order valence-electron chi connectivity index (χ2n) is 11.9. The zero-order chi connectivity index (χ0) is 29.6. The van der Waals surface area contributed by atoms with Crippen LogP contribution in [0.5, 0.6) is 0 Å². The number of likely N-dealkylation sites (tertiary alicyclic amines) is 1. The van der Waals surface area contributed by atoms with E-state index in [2.05, 4.69) is 45.0 Å². The highest BCUT2D eigenvalue weighted by molar-refractivity contribution is 6.99. The van der Waals surface area contributed by atoms with E-state index >= 15 is 0 Å². The van der Waals surface area contributed by atoms with Gasteiger partial charge in [-0.05, 0) is 36.2 Å². The molecule has 2 aromatic rings. The standard InChI is InChI=1S/C30H45NO8Si/c1-29(2,3)39-28(33)31-24(25(36-20-34-7)26(27(31)32)37-21-35-8)19-38-40(30(4,5)6,22-15-11-9-12-16-22)23-17-13-10-14-18-23/h9-18,24-27,32H,19-21H2,1-8H3/t24-,25-,26+,27?/m1/s1. The van der Waals surface area contributed by atoms with E-state index in [1.807, 2.05) is 36.4 Å². The summed E-state index contributed by atoms with van der Waals surface area (Å²) in [6, 6.07) is 19.7. The third-order valence-electron chi connectivity index (χ3n) is 6.89. The number of rotatable bonds is 11. The molecule has 1 fully saturated rings. The number of benzene rings is 2. The molecule has 0 saturated carbocycles. The molecule has 0 bridgehead atoms. The minimum Gasteiger partial charge on any atom is -0.444 e. The SMILES string of the molecule is COCO[C@H]1[C@H](OCOC)C(O)N(C(=O)OC(C)(C)C)[C@@H]1CO[Si](c1ccccc1)(c1ccccc1)C(C)(C)C. The lowest BCUT2D eigenvalue weighted by atomic mass is 10.1. The van der Waals surface area contributed by atoms with Gasteiger partial charge in [0.25, 0.3) is 8.32 Å². The van der Waals surface area contributed by atoms with Gasteiger partial charge in [0.05, 0.1) is 12.6 Å². The van der Waals surface area contributed by atoms with Gasteiger partial charge in [0.2, 0.25) is 0 Å². The predicted octanol–water partition coefficient (Wildman–Crippen LogP) is 3.48. The summed E-state index contributed by atoms with van der Waals surface area (Å²) in [7, 11) is 0.0265. The number of carbonyl (C=O) groups is 1. The quantitative estimate of drug-likeness (QED) is 0.322. The van der Waals surface area contributed by atoms with Crippen molar-refractivity contribution in [2.24, 2.45) is 0 Å². The highest BCUT2D eigenvalue weighted by atomic mass is 28.4. The Bertz CT molecular complexity index is 1020. The van der Waals surface area contributed by atoms with Gasteiger partial charge in [0.1, 0.15) is 31.4 Å². The number of carbonyl (C=O) groups excluding carboxylic acids is 1. The fraction of sp³-hybridized carbons (Fsp3) is 0.567. The number of ether oxygens (including phenoxy) is 5. The van der Waals surface area contributed by atoms with Crippen molar-refractivity contribution in [2.75, 3.05) is 34.4 Å². The predicted molar refractivity (Wildman–Crippen MR) is 155 cm³/mol. The van der Waals surface area contributed by atoms with Gasteiger partial charge >= 0.3 is 6.09 Å². The Hall–Kier alpha value is -2.31. The lowest BCUT2D eigenvalue weighted by Gasteiger charge is -2.44. The molecule has 10 heteroatoms. The van der Waals surface area contributed by atoms with E-state index in [4.69, 9.17) is 28.1 Å². The van der Waals surface area contributed by atoms with Crippen LogP contribution in [-0.4, -0.2) is 88.9 Å². The van der Waals surface area contributed by atoms with Crippen molar-refractivity contribution in [3.63, 3.8) is 0 Å². The summed E-state index contributed by atoms with van der Waals surface area (Å²) in [5.74, 6) is 0. The summed E-state index contributed by atoms with van der Waals surface area (Å²) in [6.45, 7) is 11.8. The highest BCUT2D eigenvalue weighted by Gasteiger charge is 2.56. The van der Waals surface area contributed by atoms with Crippen LogP contribution < -0.4 is 10.4 Å². The summed E-state index contributed by atoms with van der Waals surface area (Å²) in [6.07, 6.45) is -3.75. The molecule has 1 amide bonds. The summed E-state index contributed by atoms with van der Waals surface area (Å²) >= 11 is 0. The average Bonchev–Trinajstić information content (AvgIpc) is 3.16. The monoisotopic (exact) mass is 575 g/mol. The highest BCUT2D eigenvalue weighted by Crippen LogP contribution is 2.38. The Kier molecular flexibility index (Phi) is 10.9. The molecule has 4 atom stereocenters. The molecule has 0 aliphatic carbocycles. The van der Waals surface area contributed by atoms with Crippen LogP contribution in [0.2, 0.25) is 5.04 Å². The van der Waals surface area contributed by atoms with Crippen LogP contribution in [0.15, 0.2) is 60.7 Å². The van der Waals surface area contributed by atoms with E-state index in [0.717, 1.165) is 10.4 Å². The van der Waals surface area contributed by atoms with Crippen LogP contribution in [-0.2, 0) is 28.1 Å². The average molecular weight is 576 g/mol. The molecular weight excluding hydrogens is 530 g/mol. The number of hydrogen-bond acceptors (Lipinski definition) is 8. The van der Waals surface area contributed by atoms with E-state index in [0.29, 0.717) is 0 Å². The van der Waals surface area contributed by atoms with Crippen molar-refractivity contribution in [1.82, 2.24) is 4.90 Å². The zero-order valence-corrected chi connectivity index (χ0v) is 26.0. The van der Waals surface area contributed by atoms with E-state index in [9.17, 15) is 9.90 Å². The third kappa shape index (κ3) is 7.11. The molecule has 9 nitrogen and oxygen atoms in total. The molecule has 1 heterocycles. The molecule has 40 heavy (non-hydrogen) atoms. The van der Waals surface area contributed by atoms with E-state index in [-0.39, 0.29) is 25.2 Å². The second-order valence-corrected chi connectivity index (χ2v) is 16.2. The van der Waals surface area contributed by atoms with Gasteiger partial charge in [-0.3, -0.25) is 4.90 Å². The Balaban J connectivity index is 2.11. The molecule has 1 aliphatic heterocycles. The van der Waals surface area contributed by atoms with Crippen molar-refractivity contribution in [1.29, 1.82) is 0 Å². The molecule has 1 aliphatic rings. The molecule has 0 spiro atoms. The number of amides is 1. The first kappa shape index (κ1) is 32.2. The van der Waals surface area contributed by atoms with Gasteiger partial charge < -0.3 is 33.2 Å². The minimum atomic E-state index is -2.97. The van der Waals surface area contributed by atoms with Crippen molar-refractivity contribution in [2.45, 2.75) is 76.7 Å². The topological polar surface area (TPSA) is 95.9 Å². The summed E-state index contributed by atoms with van der Waals surface area (Å²) in [5, 5.41) is 13.3. The normalized spacial score (nSPS) is 22.0. The molecule has 2 aromatic carbocycles. The van der Waals surface area contributed by atoms with E-state index in [1.54, 1.807) is 20.8 Å². The molecule has 222 valence electrons. The maximum absolute atomic E-state index is 13.5. The maximum Gasteiger partial charge on any atom is 0.412 e. The van der Waals surface area contributed by atoms with Gasteiger partial charge in [-0.2, -0.15) is 0 Å². The summed E-state index contributed by atoms with van der Waals surface area (Å²) in [4.78, 5) is 14.8. The lowest BCUT2D eigenvalue weighted by molar-refractivity contribution is -0.170. The number of aliphatic hydroxyl groups excluding tert-OH is 1. The molecule has 0 radical (unpaired) electrons. The Morgan fingerprint density at radius 1 is 0.825 bits per heavy atom.